The number of carbonyl (C=O) groups excluding carboxylic acids is 1. The van der Waals surface area contributed by atoms with E-state index in [4.69, 9.17) is 14.2 Å². The molecule has 0 aliphatic carbocycles. The first-order valence-electron chi connectivity index (χ1n) is 9.39. The molecular formula is C25H23NO4. The molecule has 3 aromatic carbocycles. The molecule has 5 nitrogen and oxygen atoms in total. The van der Waals surface area contributed by atoms with Crippen LogP contribution in [0, 0.1) is 11.8 Å². The summed E-state index contributed by atoms with van der Waals surface area (Å²) in [5, 5.41) is 2.91. The molecule has 152 valence electrons. The molecule has 1 N–H and O–H groups in total. The van der Waals surface area contributed by atoms with Crippen molar-refractivity contribution in [3.63, 3.8) is 0 Å². The van der Waals surface area contributed by atoms with Crippen molar-refractivity contribution in [3.05, 3.63) is 89.0 Å². The third-order valence-corrected chi connectivity index (χ3v) is 4.45. The van der Waals surface area contributed by atoms with Crippen molar-refractivity contribution in [2.24, 2.45) is 0 Å². The fourth-order valence-electron chi connectivity index (χ4n) is 2.89. The van der Waals surface area contributed by atoms with Crippen LogP contribution in [-0.4, -0.2) is 27.2 Å². The minimum atomic E-state index is -0.175. The summed E-state index contributed by atoms with van der Waals surface area (Å²) < 4.78 is 16.0. The van der Waals surface area contributed by atoms with Crippen LogP contribution in [0.5, 0.6) is 17.2 Å². The zero-order valence-corrected chi connectivity index (χ0v) is 17.2. The van der Waals surface area contributed by atoms with Crippen LogP contribution < -0.4 is 19.5 Å². The lowest BCUT2D eigenvalue weighted by Crippen LogP contribution is -2.22. The van der Waals surface area contributed by atoms with Gasteiger partial charge in [-0.1, -0.05) is 30.0 Å². The Morgan fingerprint density at radius 1 is 0.800 bits per heavy atom. The van der Waals surface area contributed by atoms with Crippen molar-refractivity contribution < 1.29 is 19.0 Å². The molecule has 0 saturated heterocycles. The molecule has 0 unspecified atom stereocenters. The molecule has 0 fully saturated rings. The molecule has 0 atom stereocenters. The van der Waals surface area contributed by atoms with Crippen LogP contribution in [0.15, 0.2) is 66.7 Å². The van der Waals surface area contributed by atoms with E-state index in [2.05, 4.69) is 17.2 Å². The second-order valence-corrected chi connectivity index (χ2v) is 6.41. The van der Waals surface area contributed by atoms with Gasteiger partial charge in [0.25, 0.3) is 5.91 Å². The van der Waals surface area contributed by atoms with E-state index in [9.17, 15) is 4.79 Å². The van der Waals surface area contributed by atoms with Crippen LogP contribution in [0.3, 0.4) is 0 Å². The number of benzene rings is 3. The predicted molar refractivity (Wildman–Crippen MR) is 116 cm³/mol. The minimum absolute atomic E-state index is 0.175. The summed E-state index contributed by atoms with van der Waals surface area (Å²) in [7, 11) is 4.67. The van der Waals surface area contributed by atoms with Crippen molar-refractivity contribution in [2.45, 2.75) is 6.54 Å². The van der Waals surface area contributed by atoms with Gasteiger partial charge in [0.15, 0.2) is 11.5 Å². The van der Waals surface area contributed by atoms with Gasteiger partial charge in [-0.3, -0.25) is 4.79 Å². The summed E-state index contributed by atoms with van der Waals surface area (Å²) in [6.45, 7) is 0.325. The molecule has 3 rings (SSSR count). The Bertz CT molecular complexity index is 1040. The average Bonchev–Trinajstić information content (AvgIpc) is 2.81. The third-order valence-electron chi connectivity index (χ3n) is 4.45. The highest BCUT2D eigenvalue weighted by Crippen LogP contribution is 2.38. The first-order valence-corrected chi connectivity index (χ1v) is 9.39. The van der Waals surface area contributed by atoms with E-state index in [1.807, 2.05) is 54.6 Å². The van der Waals surface area contributed by atoms with Gasteiger partial charge < -0.3 is 19.5 Å². The zero-order valence-electron chi connectivity index (χ0n) is 17.2. The van der Waals surface area contributed by atoms with Gasteiger partial charge in [-0.05, 0) is 54.1 Å². The fraction of sp³-hybridized carbons (Fsp3) is 0.160. The van der Waals surface area contributed by atoms with E-state index in [1.165, 1.54) is 0 Å². The van der Waals surface area contributed by atoms with E-state index >= 15 is 0 Å². The molecule has 0 aliphatic heterocycles. The quantitative estimate of drug-likeness (QED) is 0.634. The van der Waals surface area contributed by atoms with Crippen LogP contribution in [-0.2, 0) is 6.54 Å². The Labute approximate surface area is 176 Å². The molecule has 0 heterocycles. The summed E-state index contributed by atoms with van der Waals surface area (Å²) in [6.07, 6.45) is 0. The first-order chi connectivity index (χ1) is 14.6. The van der Waals surface area contributed by atoms with Gasteiger partial charge in [-0.2, -0.15) is 0 Å². The molecule has 3 aromatic rings. The van der Waals surface area contributed by atoms with Gasteiger partial charge in [-0.25, -0.2) is 0 Å². The molecule has 0 spiro atoms. The molecule has 5 heteroatoms. The number of methoxy groups -OCH3 is 3. The van der Waals surface area contributed by atoms with Gasteiger partial charge >= 0.3 is 0 Å². The zero-order chi connectivity index (χ0) is 21.3. The van der Waals surface area contributed by atoms with Crippen LogP contribution in [0.25, 0.3) is 0 Å². The largest absolute Gasteiger partial charge is 0.493 e. The number of hydrogen-bond donors (Lipinski definition) is 1. The summed E-state index contributed by atoms with van der Waals surface area (Å²) >= 11 is 0. The maximum atomic E-state index is 12.5. The SMILES string of the molecule is COc1cc(CNC(=O)c2ccc(C#Cc3ccccc3)cc2)cc(OC)c1OC. The third kappa shape index (κ3) is 5.12. The van der Waals surface area contributed by atoms with Crippen molar-refractivity contribution >= 4 is 5.91 Å². The van der Waals surface area contributed by atoms with Crippen LogP contribution in [0.4, 0.5) is 0 Å². The normalized spacial score (nSPS) is 9.83. The number of rotatable bonds is 6. The van der Waals surface area contributed by atoms with Crippen LogP contribution in [0.1, 0.15) is 27.0 Å². The van der Waals surface area contributed by atoms with E-state index in [1.54, 1.807) is 33.5 Å². The van der Waals surface area contributed by atoms with Crippen molar-refractivity contribution in [1.29, 1.82) is 0 Å². The van der Waals surface area contributed by atoms with Crippen LogP contribution >= 0.6 is 0 Å². The molecule has 0 radical (unpaired) electrons. The Morgan fingerprint density at radius 3 is 1.90 bits per heavy atom. The first kappa shape index (κ1) is 20.8. The van der Waals surface area contributed by atoms with Gasteiger partial charge in [0, 0.05) is 23.2 Å². The highest BCUT2D eigenvalue weighted by atomic mass is 16.5. The monoisotopic (exact) mass is 401 g/mol. The van der Waals surface area contributed by atoms with E-state index < -0.39 is 0 Å². The lowest BCUT2D eigenvalue weighted by atomic mass is 10.1. The molecule has 1 amide bonds. The number of nitrogens with one attached hydrogen (secondary N) is 1. The lowest BCUT2D eigenvalue weighted by Gasteiger charge is -2.14. The molecule has 0 saturated carbocycles. The maximum absolute atomic E-state index is 12.5. The number of ether oxygens (including phenoxy) is 3. The number of amides is 1. The molecular weight excluding hydrogens is 378 g/mol. The van der Waals surface area contributed by atoms with Gasteiger partial charge in [0.05, 0.1) is 21.3 Å². The summed E-state index contributed by atoms with van der Waals surface area (Å²) in [5.41, 5.74) is 3.19. The number of hydrogen-bond acceptors (Lipinski definition) is 4. The Balaban J connectivity index is 1.66. The van der Waals surface area contributed by atoms with Gasteiger partial charge in [-0.15, -0.1) is 0 Å². The van der Waals surface area contributed by atoms with Crippen molar-refractivity contribution in [1.82, 2.24) is 5.32 Å². The van der Waals surface area contributed by atoms with Crippen LogP contribution in [0.2, 0.25) is 0 Å². The van der Waals surface area contributed by atoms with Gasteiger partial charge in [0.1, 0.15) is 0 Å². The smallest absolute Gasteiger partial charge is 0.251 e. The highest BCUT2D eigenvalue weighted by molar-refractivity contribution is 5.94. The lowest BCUT2D eigenvalue weighted by molar-refractivity contribution is 0.0951. The standard InChI is InChI=1S/C25H23NO4/c1-28-22-15-20(16-23(29-2)24(22)30-3)17-26-25(27)21-13-11-19(12-14-21)10-9-18-7-5-4-6-8-18/h4-8,11-16H,17H2,1-3H3,(H,26,27). The van der Waals surface area contributed by atoms with Gasteiger partial charge in [0.2, 0.25) is 5.75 Å². The molecule has 0 aromatic heterocycles. The van der Waals surface area contributed by atoms with E-state index in [-0.39, 0.29) is 5.91 Å². The Hall–Kier alpha value is -3.91. The summed E-state index contributed by atoms with van der Waals surface area (Å²) in [5.74, 6) is 7.63. The highest BCUT2D eigenvalue weighted by Gasteiger charge is 2.14. The molecule has 0 bridgehead atoms. The second kappa shape index (κ2) is 10.0. The predicted octanol–water partition coefficient (Wildman–Crippen LogP) is 4.04. The van der Waals surface area contributed by atoms with E-state index in [0.29, 0.717) is 29.4 Å². The van der Waals surface area contributed by atoms with Crippen molar-refractivity contribution in [2.75, 3.05) is 21.3 Å². The molecule has 30 heavy (non-hydrogen) atoms. The average molecular weight is 401 g/mol. The topological polar surface area (TPSA) is 56.8 Å². The summed E-state index contributed by atoms with van der Waals surface area (Å²) in [6, 6.07) is 20.6. The minimum Gasteiger partial charge on any atom is -0.493 e. The maximum Gasteiger partial charge on any atom is 0.251 e. The Kier molecular flexibility index (Phi) is 6.96. The Morgan fingerprint density at radius 2 is 1.37 bits per heavy atom. The molecule has 0 aliphatic rings. The second-order valence-electron chi connectivity index (χ2n) is 6.41. The van der Waals surface area contributed by atoms with E-state index in [0.717, 1.165) is 16.7 Å². The van der Waals surface area contributed by atoms with Crippen molar-refractivity contribution in [3.8, 4) is 29.1 Å². The fourth-order valence-corrected chi connectivity index (χ4v) is 2.89. The number of carbonyl (C=O) groups is 1. The summed E-state index contributed by atoms with van der Waals surface area (Å²) in [4.78, 5) is 12.5.